The molecule has 0 saturated carbocycles. The number of hydrogen-bond donors (Lipinski definition) is 0. The van der Waals surface area contributed by atoms with Gasteiger partial charge in [0.1, 0.15) is 6.10 Å². The zero-order valence-electron chi connectivity index (χ0n) is 10.1. The zero-order chi connectivity index (χ0) is 12.2. The van der Waals surface area contributed by atoms with Gasteiger partial charge in [0, 0.05) is 5.56 Å². The van der Waals surface area contributed by atoms with Crippen molar-refractivity contribution in [3.63, 3.8) is 0 Å². The van der Waals surface area contributed by atoms with Gasteiger partial charge in [-0.25, -0.2) is 0 Å². The van der Waals surface area contributed by atoms with Crippen LogP contribution in [0.15, 0.2) is 54.6 Å². The van der Waals surface area contributed by atoms with Crippen LogP contribution in [0.2, 0.25) is 0 Å². The van der Waals surface area contributed by atoms with Crippen LogP contribution in [0.4, 0.5) is 0 Å². The molecule has 1 aliphatic heterocycles. The largest absolute Gasteiger partial charge is 0.360 e. The van der Waals surface area contributed by atoms with Crippen LogP contribution >= 0.6 is 0 Å². The van der Waals surface area contributed by atoms with Crippen molar-refractivity contribution >= 4 is 0 Å². The third-order valence-corrected chi connectivity index (χ3v) is 3.11. The van der Waals surface area contributed by atoms with Gasteiger partial charge in [0.2, 0.25) is 0 Å². The first-order valence-corrected chi connectivity index (χ1v) is 6.19. The molecule has 1 heteroatoms. The molecule has 0 spiro atoms. The second kappa shape index (κ2) is 5.08. The van der Waals surface area contributed by atoms with Crippen LogP contribution < -0.4 is 0 Å². The smallest absolute Gasteiger partial charge is 0.144 e. The molecule has 1 aliphatic rings. The van der Waals surface area contributed by atoms with Crippen molar-refractivity contribution in [2.75, 3.05) is 6.61 Å². The first-order chi connectivity index (χ1) is 8.93. The zero-order valence-corrected chi connectivity index (χ0v) is 10.1. The van der Waals surface area contributed by atoms with E-state index < -0.39 is 0 Å². The lowest BCUT2D eigenvalue weighted by atomic mass is 9.98. The second-order valence-electron chi connectivity index (χ2n) is 4.34. The van der Waals surface area contributed by atoms with E-state index in [2.05, 4.69) is 30.0 Å². The van der Waals surface area contributed by atoms with Crippen LogP contribution in [0.1, 0.15) is 22.8 Å². The van der Waals surface area contributed by atoms with Crippen LogP contribution in [0.3, 0.4) is 0 Å². The highest BCUT2D eigenvalue weighted by molar-refractivity contribution is 5.40. The number of ether oxygens (including phenoxy) is 1. The van der Waals surface area contributed by atoms with Crippen molar-refractivity contribution in [1.29, 1.82) is 0 Å². The summed E-state index contributed by atoms with van der Waals surface area (Å²) in [6.45, 7) is 0.755. The minimum absolute atomic E-state index is 0.0878. The lowest BCUT2D eigenvalue weighted by Crippen LogP contribution is -2.14. The summed E-state index contributed by atoms with van der Waals surface area (Å²) >= 11 is 0. The normalized spacial score (nSPS) is 17.4. The first-order valence-electron chi connectivity index (χ1n) is 6.19. The highest BCUT2D eigenvalue weighted by atomic mass is 16.5. The molecule has 0 unspecified atom stereocenters. The molecule has 0 N–H and O–H groups in total. The highest BCUT2D eigenvalue weighted by Gasteiger charge is 2.17. The molecule has 0 radical (unpaired) electrons. The van der Waals surface area contributed by atoms with E-state index in [0.717, 1.165) is 18.6 Å². The van der Waals surface area contributed by atoms with E-state index in [0.29, 0.717) is 0 Å². The number of benzene rings is 2. The van der Waals surface area contributed by atoms with Gasteiger partial charge in [-0.1, -0.05) is 54.3 Å². The highest BCUT2D eigenvalue weighted by Crippen LogP contribution is 2.26. The molecule has 0 amide bonds. The van der Waals surface area contributed by atoms with Gasteiger partial charge in [-0.15, -0.1) is 0 Å². The molecule has 2 aromatic carbocycles. The summed E-state index contributed by atoms with van der Waals surface area (Å²) in [4.78, 5) is 0. The molecule has 1 nitrogen and oxygen atoms in total. The molecule has 1 heterocycles. The van der Waals surface area contributed by atoms with Crippen molar-refractivity contribution < 1.29 is 4.74 Å². The number of fused-ring (bicyclic) bond motifs is 1. The van der Waals surface area contributed by atoms with Crippen LogP contribution in [0.25, 0.3) is 0 Å². The molecular formula is C17H14O. The summed E-state index contributed by atoms with van der Waals surface area (Å²) in [5.74, 6) is 6.40. The molecule has 88 valence electrons. The Labute approximate surface area is 107 Å². The van der Waals surface area contributed by atoms with Gasteiger partial charge in [-0.3, -0.25) is 0 Å². The van der Waals surface area contributed by atoms with E-state index in [1.165, 1.54) is 11.1 Å². The van der Waals surface area contributed by atoms with Gasteiger partial charge in [-0.05, 0) is 29.7 Å². The average Bonchev–Trinajstić information content (AvgIpc) is 2.46. The summed E-state index contributed by atoms with van der Waals surface area (Å²) in [6.07, 6.45) is 0.898. The van der Waals surface area contributed by atoms with Gasteiger partial charge >= 0.3 is 0 Å². The van der Waals surface area contributed by atoms with Gasteiger partial charge in [0.25, 0.3) is 0 Å². The minimum atomic E-state index is -0.0878. The monoisotopic (exact) mass is 234 g/mol. The average molecular weight is 234 g/mol. The van der Waals surface area contributed by atoms with E-state index in [-0.39, 0.29) is 6.10 Å². The fourth-order valence-corrected chi connectivity index (χ4v) is 2.18. The maximum atomic E-state index is 5.75. The SMILES string of the molecule is C(#C[C@H]1OCCc2ccccc21)c1ccccc1. The van der Waals surface area contributed by atoms with E-state index in [1.54, 1.807) is 0 Å². The summed E-state index contributed by atoms with van der Waals surface area (Å²) in [5, 5.41) is 0. The van der Waals surface area contributed by atoms with E-state index in [4.69, 9.17) is 4.74 Å². The molecule has 2 aromatic rings. The molecule has 3 rings (SSSR count). The summed E-state index contributed by atoms with van der Waals surface area (Å²) in [7, 11) is 0. The Kier molecular flexibility index (Phi) is 3.12. The summed E-state index contributed by atoms with van der Waals surface area (Å²) in [6, 6.07) is 18.4. The molecule has 0 fully saturated rings. The summed E-state index contributed by atoms with van der Waals surface area (Å²) < 4.78 is 5.75. The van der Waals surface area contributed by atoms with Crippen LogP contribution in [0.5, 0.6) is 0 Å². The number of rotatable bonds is 0. The Bertz CT molecular complexity index is 590. The lowest BCUT2D eigenvalue weighted by molar-refractivity contribution is 0.0814. The fourth-order valence-electron chi connectivity index (χ4n) is 2.18. The van der Waals surface area contributed by atoms with Crippen LogP contribution in [0, 0.1) is 11.8 Å². The maximum Gasteiger partial charge on any atom is 0.144 e. The topological polar surface area (TPSA) is 9.23 Å². The van der Waals surface area contributed by atoms with E-state index >= 15 is 0 Å². The minimum Gasteiger partial charge on any atom is -0.360 e. The van der Waals surface area contributed by atoms with Gasteiger partial charge in [-0.2, -0.15) is 0 Å². The van der Waals surface area contributed by atoms with Crippen LogP contribution in [-0.4, -0.2) is 6.61 Å². The van der Waals surface area contributed by atoms with Crippen molar-refractivity contribution in [2.45, 2.75) is 12.5 Å². The maximum absolute atomic E-state index is 5.75. The Morgan fingerprint density at radius 2 is 1.72 bits per heavy atom. The quantitative estimate of drug-likeness (QED) is 0.635. The predicted octanol–water partition coefficient (Wildman–Crippen LogP) is 3.35. The molecule has 0 aromatic heterocycles. The Hall–Kier alpha value is -2.04. The Morgan fingerprint density at radius 1 is 0.944 bits per heavy atom. The van der Waals surface area contributed by atoms with E-state index in [9.17, 15) is 0 Å². The third kappa shape index (κ3) is 2.30. The molecule has 1 atom stereocenters. The van der Waals surface area contributed by atoms with Gasteiger partial charge in [0.15, 0.2) is 0 Å². The van der Waals surface area contributed by atoms with Crippen molar-refractivity contribution in [3.05, 3.63) is 71.3 Å². The predicted molar refractivity (Wildman–Crippen MR) is 72.2 cm³/mol. The molecular weight excluding hydrogens is 220 g/mol. The van der Waals surface area contributed by atoms with Gasteiger partial charge in [0.05, 0.1) is 6.61 Å². The van der Waals surface area contributed by atoms with Crippen LogP contribution in [-0.2, 0) is 11.2 Å². The molecule has 0 bridgehead atoms. The number of hydrogen-bond acceptors (Lipinski definition) is 1. The molecule has 0 saturated heterocycles. The van der Waals surface area contributed by atoms with Crippen molar-refractivity contribution in [3.8, 4) is 11.8 Å². The fraction of sp³-hybridized carbons (Fsp3) is 0.176. The lowest BCUT2D eigenvalue weighted by Gasteiger charge is -2.21. The standard InChI is InChI=1S/C17H14O/c1-2-6-14(7-3-1)10-11-17-16-9-5-4-8-15(16)12-13-18-17/h1-9,17H,12-13H2/t17-/m1/s1. The molecule has 18 heavy (non-hydrogen) atoms. The van der Waals surface area contributed by atoms with Gasteiger partial charge < -0.3 is 4.74 Å². The Morgan fingerprint density at radius 3 is 2.61 bits per heavy atom. The van der Waals surface area contributed by atoms with E-state index in [1.807, 2.05) is 36.4 Å². The first kappa shape index (κ1) is 11.1. The Balaban J connectivity index is 1.89. The van der Waals surface area contributed by atoms with Crippen molar-refractivity contribution in [2.24, 2.45) is 0 Å². The third-order valence-electron chi connectivity index (χ3n) is 3.11. The second-order valence-corrected chi connectivity index (χ2v) is 4.34. The molecule has 0 aliphatic carbocycles. The summed E-state index contributed by atoms with van der Waals surface area (Å²) in [5.41, 5.74) is 3.60. The van der Waals surface area contributed by atoms with Crippen molar-refractivity contribution in [1.82, 2.24) is 0 Å².